The molecule has 0 aliphatic heterocycles. The Bertz CT molecular complexity index is 475. The highest BCUT2D eigenvalue weighted by molar-refractivity contribution is 5.43. The van der Waals surface area contributed by atoms with E-state index in [-0.39, 0.29) is 6.54 Å². The average Bonchev–Trinajstić information content (AvgIpc) is 2.35. The molecule has 0 unspecified atom stereocenters. The Balaban J connectivity index is 2.98. The van der Waals surface area contributed by atoms with Gasteiger partial charge in [0, 0.05) is 12.6 Å². The van der Waals surface area contributed by atoms with Crippen LogP contribution in [0.15, 0.2) is 6.07 Å². The Morgan fingerprint density at radius 3 is 2.19 bits per heavy atom. The third kappa shape index (κ3) is 4.90. The molecule has 0 amide bonds. The van der Waals surface area contributed by atoms with Crippen molar-refractivity contribution in [3.05, 3.63) is 11.8 Å². The maximum atomic E-state index is 12.7. The number of aromatic nitrogens is 2. The average molecular weight is 320 g/mol. The lowest BCUT2D eigenvalue weighted by Gasteiger charge is -2.17. The van der Waals surface area contributed by atoms with Crippen molar-refractivity contribution in [1.29, 1.82) is 0 Å². The van der Waals surface area contributed by atoms with Crippen LogP contribution < -0.4 is 10.6 Å². The number of hydrogen-bond acceptors (Lipinski definition) is 4. The summed E-state index contributed by atoms with van der Waals surface area (Å²) in [6, 6.07) is 0.363. The molecule has 0 spiro atoms. The highest BCUT2D eigenvalue weighted by Gasteiger charge is 2.41. The fourth-order valence-corrected chi connectivity index (χ4v) is 1.21. The highest BCUT2D eigenvalue weighted by atomic mass is 19.4. The number of nitrogens with one attached hydrogen (secondary N) is 2. The van der Waals surface area contributed by atoms with Gasteiger partial charge in [0.25, 0.3) is 0 Å². The number of anilines is 2. The third-order valence-corrected chi connectivity index (χ3v) is 2.18. The van der Waals surface area contributed by atoms with Crippen LogP contribution in [-0.2, 0) is 6.18 Å². The third-order valence-electron chi connectivity index (χ3n) is 2.18. The van der Waals surface area contributed by atoms with Crippen LogP contribution in [0.2, 0.25) is 0 Å². The van der Waals surface area contributed by atoms with E-state index in [0.29, 0.717) is 6.07 Å². The molecule has 1 aromatic heterocycles. The van der Waals surface area contributed by atoms with Gasteiger partial charge in [-0.15, -0.1) is 0 Å². The van der Waals surface area contributed by atoms with Crippen molar-refractivity contribution < 1.29 is 30.7 Å². The maximum absolute atomic E-state index is 12.7. The summed E-state index contributed by atoms with van der Waals surface area (Å²) in [4.78, 5) is 6.64. The lowest BCUT2D eigenvalue weighted by atomic mass is 10.3. The van der Waals surface area contributed by atoms with Gasteiger partial charge in [-0.3, -0.25) is 0 Å². The summed E-state index contributed by atoms with van der Waals surface area (Å²) in [5.41, 5.74) is -1.38. The van der Waals surface area contributed by atoms with Crippen LogP contribution in [0.25, 0.3) is 0 Å². The Morgan fingerprint density at radius 1 is 1.10 bits per heavy atom. The van der Waals surface area contributed by atoms with E-state index in [0.717, 1.165) is 0 Å². The van der Waals surface area contributed by atoms with Gasteiger partial charge in [0.15, 0.2) is 5.69 Å². The van der Waals surface area contributed by atoms with Crippen LogP contribution in [0.1, 0.15) is 12.6 Å². The fraction of sp³-hybridized carbons (Fsp3) is 0.600. The zero-order valence-electron chi connectivity index (χ0n) is 10.6. The number of rotatable bonds is 6. The van der Waals surface area contributed by atoms with Gasteiger partial charge in [0.05, 0.1) is 6.54 Å². The van der Waals surface area contributed by atoms with E-state index >= 15 is 0 Å². The van der Waals surface area contributed by atoms with E-state index in [1.54, 1.807) is 12.2 Å². The van der Waals surface area contributed by atoms with Crippen LogP contribution in [0, 0.1) is 0 Å². The van der Waals surface area contributed by atoms with Crippen LogP contribution in [-0.4, -0.2) is 35.4 Å². The molecule has 0 atom stereocenters. The van der Waals surface area contributed by atoms with Crippen molar-refractivity contribution in [1.82, 2.24) is 9.97 Å². The topological polar surface area (TPSA) is 49.8 Å². The van der Waals surface area contributed by atoms with Gasteiger partial charge in [0.1, 0.15) is 5.82 Å². The summed E-state index contributed by atoms with van der Waals surface area (Å²) >= 11 is 0. The summed E-state index contributed by atoms with van der Waals surface area (Å²) in [7, 11) is 0. The van der Waals surface area contributed by atoms with Gasteiger partial charge in [-0.1, -0.05) is 0 Å². The number of nitrogens with zero attached hydrogens (tertiary/aromatic N) is 2. The zero-order valence-corrected chi connectivity index (χ0v) is 10.6. The van der Waals surface area contributed by atoms with Crippen LogP contribution in [0.4, 0.5) is 42.5 Å². The summed E-state index contributed by atoms with van der Waals surface area (Å²) in [5.74, 6) is -5.47. The van der Waals surface area contributed by atoms with Crippen molar-refractivity contribution in [2.24, 2.45) is 0 Å². The predicted molar refractivity (Wildman–Crippen MR) is 60.6 cm³/mol. The molecule has 120 valence electrons. The quantitative estimate of drug-likeness (QED) is 0.790. The predicted octanol–water partition coefficient (Wildman–Crippen LogP) is 3.24. The van der Waals surface area contributed by atoms with E-state index in [9.17, 15) is 30.7 Å². The maximum Gasteiger partial charge on any atom is 0.433 e. The Hall–Kier alpha value is -1.81. The normalized spacial score (nSPS) is 12.6. The molecule has 1 rings (SSSR count). The Morgan fingerprint density at radius 2 is 1.71 bits per heavy atom. The van der Waals surface area contributed by atoms with Gasteiger partial charge in [-0.05, 0) is 6.92 Å². The van der Waals surface area contributed by atoms with E-state index in [4.69, 9.17) is 0 Å². The minimum Gasteiger partial charge on any atom is -0.364 e. The van der Waals surface area contributed by atoms with Crippen molar-refractivity contribution in [3.8, 4) is 0 Å². The summed E-state index contributed by atoms with van der Waals surface area (Å²) in [6.07, 6.45) is -8.77. The SMILES string of the molecule is CCNc1nc(NCC(F)(F)C(F)F)cc(C(F)(F)F)n1. The van der Waals surface area contributed by atoms with Gasteiger partial charge in [-0.2, -0.15) is 26.9 Å². The molecule has 1 aromatic rings. The largest absolute Gasteiger partial charge is 0.433 e. The number of alkyl halides is 7. The fourth-order valence-electron chi connectivity index (χ4n) is 1.21. The Kier molecular flexibility index (Phi) is 5.18. The molecular weight excluding hydrogens is 309 g/mol. The molecule has 0 aliphatic carbocycles. The molecule has 0 aromatic carbocycles. The summed E-state index contributed by atoms with van der Waals surface area (Å²) < 4.78 is 87.1. The van der Waals surface area contributed by atoms with Gasteiger partial charge in [0.2, 0.25) is 5.95 Å². The molecule has 4 nitrogen and oxygen atoms in total. The van der Waals surface area contributed by atoms with E-state index < -0.39 is 42.5 Å². The van der Waals surface area contributed by atoms with E-state index in [1.807, 2.05) is 0 Å². The van der Waals surface area contributed by atoms with Crippen molar-refractivity contribution in [3.63, 3.8) is 0 Å². The van der Waals surface area contributed by atoms with Gasteiger partial charge >= 0.3 is 18.5 Å². The van der Waals surface area contributed by atoms with E-state index in [2.05, 4.69) is 15.3 Å². The van der Waals surface area contributed by atoms with Crippen molar-refractivity contribution >= 4 is 11.8 Å². The lowest BCUT2D eigenvalue weighted by molar-refractivity contribution is -0.141. The van der Waals surface area contributed by atoms with Crippen LogP contribution >= 0.6 is 0 Å². The molecule has 0 fully saturated rings. The van der Waals surface area contributed by atoms with Crippen molar-refractivity contribution in [2.75, 3.05) is 23.7 Å². The zero-order chi connectivity index (χ0) is 16.3. The van der Waals surface area contributed by atoms with Gasteiger partial charge in [-0.25, -0.2) is 13.8 Å². The second-order valence-electron chi connectivity index (χ2n) is 3.91. The molecule has 0 saturated carbocycles. The second kappa shape index (κ2) is 6.31. The second-order valence-corrected chi connectivity index (χ2v) is 3.91. The monoisotopic (exact) mass is 320 g/mol. The first-order chi connectivity index (χ1) is 9.56. The molecule has 0 saturated heterocycles. The molecule has 0 aliphatic rings. The lowest BCUT2D eigenvalue weighted by Crippen LogP contribution is -2.35. The summed E-state index contributed by atoms with van der Waals surface area (Å²) in [6.45, 7) is 0.195. The first kappa shape index (κ1) is 17.2. The molecule has 11 heteroatoms. The van der Waals surface area contributed by atoms with Gasteiger partial charge < -0.3 is 10.6 Å². The Labute approximate surface area is 114 Å². The number of halogens is 7. The standard InChI is InChI=1S/C10H11F7N4/c1-2-18-8-20-5(10(15,16)17)3-6(21-8)19-4-9(13,14)7(11)12/h3,7H,2,4H2,1H3,(H2,18,19,20,21). The molecule has 0 bridgehead atoms. The molecule has 1 heterocycles. The minimum atomic E-state index is -4.82. The molecule has 0 radical (unpaired) electrons. The molecule has 2 N–H and O–H groups in total. The van der Waals surface area contributed by atoms with E-state index in [1.165, 1.54) is 0 Å². The molecule has 21 heavy (non-hydrogen) atoms. The first-order valence-electron chi connectivity index (χ1n) is 5.66. The first-order valence-corrected chi connectivity index (χ1v) is 5.66. The van der Waals surface area contributed by atoms with Crippen LogP contribution in [0.3, 0.4) is 0 Å². The summed E-state index contributed by atoms with van der Waals surface area (Å²) in [5, 5.41) is 4.14. The van der Waals surface area contributed by atoms with Crippen molar-refractivity contribution in [2.45, 2.75) is 25.4 Å². The smallest absolute Gasteiger partial charge is 0.364 e. The van der Waals surface area contributed by atoms with Crippen LogP contribution in [0.5, 0.6) is 0 Å². The molecular formula is C10H11F7N4. The highest BCUT2D eigenvalue weighted by Crippen LogP contribution is 2.30. The minimum absolute atomic E-state index is 0.188. The number of hydrogen-bond donors (Lipinski definition) is 2.